The Kier molecular flexibility index (Phi) is 9.52. The summed E-state index contributed by atoms with van der Waals surface area (Å²) in [6.07, 6.45) is 20.4. The van der Waals surface area contributed by atoms with Crippen LogP contribution >= 0.6 is 0 Å². The van der Waals surface area contributed by atoms with E-state index in [1.54, 1.807) is 0 Å². The van der Waals surface area contributed by atoms with Crippen LogP contribution in [0.3, 0.4) is 0 Å². The zero-order chi connectivity index (χ0) is 21.3. The summed E-state index contributed by atoms with van der Waals surface area (Å²) in [5, 5.41) is 0. The molecule has 2 saturated carbocycles. The smallest absolute Gasteiger partial charge is 0.202 e. The molecule has 0 atom stereocenters. The van der Waals surface area contributed by atoms with Crippen LogP contribution in [0.15, 0.2) is 6.07 Å². The quantitative estimate of drug-likeness (QED) is 0.272. The van der Waals surface area contributed by atoms with Crippen molar-refractivity contribution in [3.8, 4) is 0 Å². The average molecular weight is 424 g/mol. The van der Waals surface area contributed by atoms with Gasteiger partial charge in [-0.3, -0.25) is 0 Å². The van der Waals surface area contributed by atoms with E-state index in [9.17, 15) is 13.2 Å². The van der Waals surface area contributed by atoms with Crippen LogP contribution in [0.5, 0.6) is 0 Å². The topological polar surface area (TPSA) is 12.9 Å². The maximum atomic E-state index is 13.7. The third kappa shape index (κ3) is 6.99. The van der Waals surface area contributed by atoms with E-state index in [4.69, 9.17) is 0 Å². The highest BCUT2D eigenvalue weighted by atomic mass is 19.2. The molecule has 0 unspecified atom stereocenters. The monoisotopic (exact) mass is 423 g/mol. The lowest BCUT2D eigenvalue weighted by atomic mass is 9.68. The summed E-state index contributed by atoms with van der Waals surface area (Å²) < 4.78 is 40.0. The molecule has 1 nitrogen and oxygen atoms in total. The lowest BCUT2D eigenvalue weighted by molar-refractivity contribution is 0.140. The Bertz CT molecular complexity index is 631. The van der Waals surface area contributed by atoms with Gasteiger partial charge in [0.1, 0.15) is 0 Å². The maximum absolute atomic E-state index is 13.7. The minimum Gasteiger partial charge on any atom is -0.202 e. The molecular formula is C26H40F3N. The van der Waals surface area contributed by atoms with Gasteiger partial charge in [-0.25, -0.2) is 4.39 Å². The summed E-state index contributed by atoms with van der Waals surface area (Å²) in [5.41, 5.74) is 0.212. The summed E-state index contributed by atoms with van der Waals surface area (Å²) in [5.74, 6) is 0.0787. The molecule has 1 heterocycles. The predicted octanol–water partition coefficient (Wildman–Crippen LogP) is 8.40. The third-order valence-electron chi connectivity index (χ3n) is 7.95. The van der Waals surface area contributed by atoms with E-state index in [1.807, 2.05) is 0 Å². The first-order chi connectivity index (χ1) is 14.6. The molecule has 3 rings (SSSR count). The molecule has 2 aliphatic carbocycles. The Morgan fingerprint density at radius 2 is 1.30 bits per heavy atom. The molecule has 4 heteroatoms. The van der Waals surface area contributed by atoms with Gasteiger partial charge in [0.05, 0.1) is 0 Å². The molecule has 0 aliphatic heterocycles. The standard InChI is InChI=1S/C26H40F3N/c1-2-3-4-5-6-7-19-8-13-21(14-9-19)22-15-10-20(11-16-22)12-17-23-18-24(27)26(29)30-25(23)28/h18-22H,2-17H2,1H3/t19-,20?,21-,22?. The highest BCUT2D eigenvalue weighted by Gasteiger charge is 2.30. The highest BCUT2D eigenvalue weighted by Crippen LogP contribution is 2.43. The molecule has 2 aliphatic rings. The number of hydrogen-bond donors (Lipinski definition) is 0. The maximum Gasteiger partial charge on any atom is 0.251 e. The molecule has 0 N–H and O–H groups in total. The number of pyridine rings is 1. The molecule has 2 fully saturated rings. The number of rotatable bonds is 10. The largest absolute Gasteiger partial charge is 0.251 e. The molecule has 0 spiro atoms. The zero-order valence-electron chi connectivity index (χ0n) is 18.8. The first kappa shape index (κ1) is 23.6. The molecule has 0 radical (unpaired) electrons. The van der Waals surface area contributed by atoms with Gasteiger partial charge in [0.15, 0.2) is 5.82 Å². The van der Waals surface area contributed by atoms with Gasteiger partial charge in [0.2, 0.25) is 5.95 Å². The fraction of sp³-hybridized carbons (Fsp3) is 0.808. The summed E-state index contributed by atoms with van der Waals surface area (Å²) in [6.45, 7) is 2.28. The number of aryl methyl sites for hydroxylation is 1. The van der Waals surface area contributed by atoms with Crippen molar-refractivity contribution < 1.29 is 13.2 Å². The van der Waals surface area contributed by atoms with Gasteiger partial charge >= 0.3 is 0 Å². The summed E-state index contributed by atoms with van der Waals surface area (Å²) in [6, 6.07) is 0.978. The van der Waals surface area contributed by atoms with E-state index in [-0.39, 0.29) is 5.56 Å². The Morgan fingerprint density at radius 3 is 1.90 bits per heavy atom. The van der Waals surface area contributed by atoms with Crippen LogP contribution in [-0.2, 0) is 6.42 Å². The molecule has 0 bridgehead atoms. The van der Waals surface area contributed by atoms with Crippen LogP contribution in [0.25, 0.3) is 0 Å². The van der Waals surface area contributed by atoms with Crippen LogP contribution in [0.2, 0.25) is 0 Å². The summed E-state index contributed by atoms with van der Waals surface area (Å²) >= 11 is 0. The Morgan fingerprint density at radius 1 is 0.733 bits per heavy atom. The molecule has 1 aromatic rings. The van der Waals surface area contributed by atoms with Crippen molar-refractivity contribution in [3.63, 3.8) is 0 Å². The molecule has 0 aromatic carbocycles. The lowest BCUT2D eigenvalue weighted by Gasteiger charge is -2.38. The first-order valence-corrected chi connectivity index (χ1v) is 12.6. The van der Waals surface area contributed by atoms with Crippen molar-refractivity contribution in [2.75, 3.05) is 0 Å². The first-order valence-electron chi connectivity index (χ1n) is 12.6. The lowest BCUT2D eigenvalue weighted by Crippen LogP contribution is -2.26. The highest BCUT2D eigenvalue weighted by molar-refractivity contribution is 5.13. The van der Waals surface area contributed by atoms with Crippen LogP contribution < -0.4 is 0 Å². The molecular weight excluding hydrogens is 383 g/mol. The molecule has 1 aromatic heterocycles. The molecule has 30 heavy (non-hydrogen) atoms. The van der Waals surface area contributed by atoms with Gasteiger partial charge in [0.25, 0.3) is 5.95 Å². The summed E-state index contributed by atoms with van der Waals surface area (Å²) in [4.78, 5) is 3.04. The van der Waals surface area contributed by atoms with Gasteiger partial charge in [0, 0.05) is 5.56 Å². The Hall–Kier alpha value is -1.06. The predicted molar refractivity (Wildman–Crippen MR) is 117 cm³/mol. The fourth-order valence-electron chi connectivity index (χ4n) is 5.95. The van der Waals surface area contributed by atoms with Crippen LogP contribution in [0.4, 0.5) is 13.2 Å². The van der Waals surface area contributed by atoms with E-state index < -0.39 is 17.7 Å². The summed E-state index contributed by atoms with van der Waals surface area (Å²) in [7, 11) is 0. The molecule has 0 saturated heterocycles. The number of unbranched alkanes of at least 4 members (excludes halogenated alkanes) is 4. The number of nitrogens with zero attached hydrogens (tertiary/aromatic N) is 1. The van der Waals surface area contributed by atoms with Crippen molar-refractivity contribution in [2.45, 2.75) is 110 Å². The van der Waals surface area contributed by atoms with Crippen molar-refractivity contribution in [1.29, 1.82) is 0 Å². The van der Waals surface area contributed by atoms with Gasteiger partial charge in [-0.2, -0.15) is 13.8 Å². The van der Waals surface area contributed by atoms with Crippen molar-refractivity contribution in [2.24, 2.45) is 23.7 Å². The normalized spacial score (nSPS) is 27.3. The Balaban J connectivity index is 1.32. The van der Waals surface area contributed by atoms with Crippen molar-refractivity contribution >= 4 is 0 Å². The number of halogens is 3. The third-order valence-corrected chi connectivity index (χ3v) is 7.95. The second-order valence-corrected chi connectivity index (χ2v) is 10.0. The van der Waals surface area contributed by atoms with Gasteiger partial charge in [-0.1, -0.05) is 71.1 Å². The van der Waals surface area contributed by atoms with E-state index in [1.165, 1.54) is 89.9 Å². The van der Waals surface area contributed by atoms with E-state index >= 15 is 0 Å². The van der Waals surface area contributed by atoms with Gasteiger partial charge in [-0.05, 0) is 68.3 Å². The zero-order valence-corrected chi connectivity index (χ0v) is 18.8. The number of aromatic nitrogens is 1. The minimum atomic E-state index is -1.34. The number of hydrogen-bond acceptors (Lipinski definition) is 1. The van der Waals surface area contributed by atoms with E-state index in [0.29, 0.717) is 12.3 Å². The van der Waals surface area contributed by atoms with Crippen LogP contribution in [0, 0.1) is 41.4 Å². The van der Waals surface area contributed by atoms with E-state index in [0.717, 1.165) is 30.2 Å². The van der Waals surface area contributed by atoms with Crippen LogP contribution in [0.1, 0.15) is 109 Å². The second-order valence-electron chi connectivity index (χ2n) is 10.0. The van der Waals surface area contributed by atoms with E-state index in [2.05, 4.69) is 11.9 Å². The van der Waals surface area contributed by atoms with Gasteiger partial charge in [-0.15, -0.1) is 0 Å². The van der Waals surface area contributed by atoms with Crippen molar-refractivity contribution in [3.05, 3.63) is 29.3 Å². The van der Waals surface area contributed by atoms with Crippen molar-refractivity contribution in [1.82, 2.24) is 4.98 Å². The average Bonchev–Trinajstić information content (AvgIpc) is 2.76. The molecule has 170 valence electrons. The van der Waals surface area contributed by atoms with Crippen LogP contribution in [-0.4, -0.2) is 4.98 Å². The SMILES string of the molecule is CCCCCCC[C@H]1CC[C@H](C2CCC(CCc3cc(F)c(F)nc3F)CC2)CC1. The Labute approximate surface area is 181 Å². The van der Waals surface area contributed by atoms with Gasteiger partial charge < -0.3 is 0 Å². The molecule has 0 amide bonds. The second kappa shape index (κ2) is 12.1. The minimum absolute atomic E-state index is 0.212. The fourth-order valence-corrected chi connectivity index (χ4v) is 5.95.